The number of thioether (sulfide) groups is 1. The van der Waals surface area contributed by atoms with Gasteiger partial charge in [-0.25, -0.2) is 4.68 Å². The highest BCUT2D eigenvalue weighted by molar-refractivity contribution is 9.10. The van der Waals surface area contributed by atoms with E-state index in [-0.39, 0.29) is 11.8 Å². The lowest BCUT2D eigenvalue weighted by atomic mass is 9.85. The Bertz CT molecular complexity index is 1340. The molecule has 2 heterocycles. The molecule has 0 fully saturated rings. The molecule has 1 aliphatic carbocycles. The Balaban J connectivity index is 1.57. The van der Waals surface area contributed by atoms with Gasteiger partial charge in [-0.05, 0) is 77.2 Å². The number of fused-ring (bicyclic) bond motifs is 1. The maximum absolute atomic E-state index is 13.2. The summed E-state index contributed by atoms with van der Waals surface area (Å²) in [5.41, 5.74) is 4.89. The van der Waals surface area contributed by atoms with Gasteiger partial charge in [0.25, 0.3) is 0 Å². The van der Waals surface area contributed by atoms with E-state index < -0.39 is 0 Å². The number of carbonyl (C=O) groups excluding carboxylic acids is 1. The molecular formula is C27H29BrN4O3S. The summed E-state index contributed by atoms with van der Waals surface area (Å²) in [5.74, 6) is 2.95. The van der Waals surface area contributed by atoms with E-state index in [9.17, 15) is 4.79 Å². The quantitative estimate of drug-likeness (QED) is 0.312. The number of Topliss-reactive ketones (excluding diaryl/α,β-unsaturated/α-hetero) is 1. The molecule has 1 aromatic heterocycles. The summed E-state index contributed by atoms with van der Waals surface area (Å²) in [6, 6.07) is 11.8. The first-order chi connectivity index (χ1) is 17.5. The number of allylic oxidation sites excluding steroid dienone is 2. The summed E-state index contributed by atoms with van der Waals surface area (Å²) in [4.78, 5) is 17.9. The molecule has 1 unspecified atom stereocenters. The number of benzene rings is 2. The highest BCUT2D eigenvalue weighted by Gasteiger charge is 2.37. The molecule has 36 heavy (non-hydrogen) atoms. The summed E-state index contributed by atoms with van der Waals surface area (Å²) in [5, 5.41) is 8.85. The van der Waals surface area contributed by atoms with Crippen molar-refractivity contribution in [2.75, 3.05) is 17.7 Å². The smallest absolute Gasteiger partial charge is 0.227 e. The Hall–Kier alpha value is -2.78. The molecule has 188 valence electrons. The van der Waals surface area contributed by atoms with Gasteiger partial charge in [-0.1, -0.05) is 43.0 Å². The van der Waals surface area contributed by atoms with E-state index in [0.717, 1.165) is 45.5 Å². The lowest BCUT2D eigenvalue weighted by molar-refractivity contribution is -0.116. The number of carbonyl (C=O) groups is 1. The highest BCUT2D eigenvalue weighted by Crippen LogP contribution is 2.45. The molecule has 7 nitrogen and oxygen atoms in total. The highest BCUT2D eigenvalue weighted by atomic mass is 79.9. The molecule has 5 rings (SSSR count). The van der Waals surface area contributed by atoms with E-state index in [0.29, 0.717) is 42.2 Å². The van der Waals surface area contributed by atoms with Crippen molar-refractivity contribution >= 4 is 39.4 Å². The first-order valence-corrected chi connectivity index (χ1v) is 14.0. The van der Waals surface area contributed by atoms with Crippen LogP contribution in [0.5, 0.6) is 11.5 Å². The SMILES string of the molecule is CCOc1cc(C2C3=C(CCCC3=O)Nc3nc(SCC)nn32)cc(Br)c1OCc1ccccc1C. The normalized spacial score (nSPS) is 16.9. The van der Waals surface area contributed by atoms with Crippen LogP contribution in [0.15, 0.2) is 57.3 Å². The van der Waals surface area contributed by atoms with Crippen molar-refractivity contribution in [2.45, 2.75) is 57.8 Å². The van der Waals surface area contributed by atoms with E-state index in [2.05, 4.69) is 47.2 Å². The van der Waals surface area contributed by atoms with Gasteiger partial charge in [-0.15, -0.1) is 5.10 Å². The zero-order valence-electron chi connectivity index (χ0n) is 20.6. The summed E-state index contributed by atoms with van der Waals surface area (Å²) >= 11 is 5.31. The Morgan fingerprint density at radius 1 is 1.19 bits per heavy atom. The van der Waals surface area contributed by atoms with Gasteiger partial charge in [0.1, 0.15) is 12.6 Å². The number of aromatic nitrogens is 3. The number of ketones is 1. The largest absolute Gasteiger partial charge is 0.490 e. The molecule has 1 N–H and O–H groups in total. The second-order valence-corrected chi connectivity index (χ2v) is 10.9. The lowest BCUT2D eigenvalue weighted by Crippen LogP contribution is -2.31. The van der Waals surface area contributed by atoms with Crippen LogP contribution < -0.4 is 14.8 Å². The summed E-state index contributed by atoms with van der Waals surface area (Å²) < 4.78 is 14.9. The number of aryl methyl sites for hydroxylation is 1. The third-order valence-electron chi connectivity index (χ3n) is 6.40. The third-order valence-corrected chi connectivity index (χ3v) is 7.71. The number of anilines is 1. The number of hydrogen-bond acceptors (Lipinski definition) is 7. The minimum absolute atomic E-state index is 0.147. The summed E-state index contributed by atoms with van der Waals surface area (Å²) in [6.07, 6.45) is 2.19. The van der Waals surface area contributed by atoms with E-state index in [1.807, 2.05) is 35.9 Å². The van der Waals surface area contributed by atoms with Gasteiger partial charge in [0.05, 0.1) is 11.1 Å². The lowest BCUT2D eigenvalue weighted by Gasteiger charge is -2.32. The van der Waals surface area contributed by atoms with Crippen molar-refractivity contribution in [3.8, 4) is 11.5 Å². The van der Waals surface area contributed by atoms with Crippen molar-refractivity contribution in [1.82, 2.24) is 14.8 Å². The number of nitrogens with one attached hydrogen (secondary N) is 1. The van der Waals surface area contributed by atoms with Gasteiger partial charge in [-0.2, -0.15) is 4.98 Å². The van der Waals surface area contributed by atoms with Gasteiger partial charge < -0.3 is 14.8 Å². The molecule has 0 saturated carbocycles. The first-order valence-electron chi connectivity index (χ1n) is 12.3. The van der Waals surface area contributed by atoms with Crippen molar-refractivity contribution in [2.24, 2.45) is 0 Å². The second-order valence-electron chi connectivity index (χ2n) is 8.77. The van der Waals surface area contributed by atoms with Gasteiger partial charge in [0.15, 0.2) is 17.3 Å². The third kappa shape index (κ3) is 4.78. The number of nitrogens with zero attached hydrogens (tertiary/aromatic N) is 3. The molecule has 9 heteroatoms. The molecule has 2 aromatic carbocycles. The number of ether oxygens (including phenoxy) is 2. The van der Waals surface area contributed by atoms with Crippen LogP contribution in [0.25, 0.3) is 0 Å². The van der Waals surface area contributed by atoms with Crippen LogP contribution in [0.2, 0.25) is 0 Å². The minimum atomic E-state index is -0.385. The molecule has 2 aliphatic rings. The number of hydrogen-bond donors (Lipinski definition) is 1. The monoisotopic (exact) mass is 568 g/mol. The second kappa shape index (κ2) is 10.7. The van der Waals surface area contributed by atoms with E-state index in [1.165, 1.54) is 5.56 Å². The van der Waals surface area contributed by atoms with Gasteiger partial charge in [0, 0.05) is 17.7 Å². The first kappa shape index (κ1) is 24.9. The van der Waals surface area contributed by atoms with Gasteiger partial charge in [0.2, 0.25) is 11.1 Å². The van der Waals surface area contributed by atoms with E-state index in [1.54, 1.807) is 11.8 Å². The van der Waals surface area contributed by atoms with Crippen LogP contribution in [-0.2, 0) is 11.4 Å². The summed E-state index contributed by atoms with van der Waals surface area (Å²) in [7, 11) is 0. The maximum atomic E-state index is 13.2. The predicted molar refractivity (Wildman–Crippen MR) is 145 cm³/mol. The van der Waals surface area contributed by atoms with Crippen LogP contribution in [0, 0.1) is 6.92 Å². The molecule has 3 aromatic rings. The van der Waals surface area contributed by atoms with Gasteiger partial charge >= 0.3 is 0 Å². The molecule has 0 spiro atoms. The van der Waals surface area contributed by atoms with Crippen LogP contribution in [0.1, 0.15) is 55.8 Å². The average molecular weight is 570 g/mol. The molecular weight excluding hydrogens is 540 g/mol. The van der Waals surface area contributed by atoms with Crippen LogP contribution in [0.3, 0.4) is 0 Å². The van der Waals surface area contributed by atoms with E-state index in [4.69, 9.17) is 19.6 Å². The summed E-state index contributed by atoms with van der Waals surface area (Å²) in [6.45, 7) is 7.01. The molecule has 1 atom stereocenters. The minimum Gasteiger partial charge on any atom is -0.490 e. The van der Waals surface area contributed by atoms with Crippen LogP contribution in [0.4, 0.5) is 5.95 Å². The standard InChI is InChI=1S/C27H29BrN4O3S/c1-4-34-22-14-18(13-19(28)25(22)35-15-17-10-7-6-9-16(17)3)24-23-20(11-8-12-21(23)33)29-26-30-27(36-5-2)31-32(24)26/h6-7,9-10,13-14,24H,4-5,8,11-12,15H2,1-3H3,(H,29,30,31). The Kier molecular flexibility index (Phi) is 7.39. The van der Waals surface area contributed by atoms with Crippen molar-refractivity contribution in [3.63, 3.8) is 0 Å². The van der Waals surface area contributed by atoms with Crippen molar-refractivity contribution in [3.05, 3.63) is 68.8 Å². The number of halogens is 1. The molecule has 0 radical (unpaired) electrons. The van der Waals surface area contributed by atoms with E-state index >= 15 is 0 Å². The van der Waals surface area contributed by atoms with Crippen molar-refractivity contribution < 1.29 is 14.3 Å². The van der Waals surface area contributed by atoms with Gasteiger partial charge in [-0.3, -0.25) is 4.79 Å². The fourth-order valence-corrected chi connectivity index (χ4v) is 5.83. The predicted octanol–water partition coefficient (Wildman–Crippen LogP) is 6.46. The Morgan fingerprint density at radius 2 is 2.03 bits per heavy atom. The Labute approximate surface area is 223 Å². The molecule has 0 amide bonds. The fraction of sp³-hybridized carbons (Fsp3) is 0.370. The van der Waals surface area contributed by atoms with Crippen molar-refractivity contribution in [1.29, 1.82) is 0 Å². The zero-order chi connectivity index (χ0) is 25.2. The Morgan fingerprint density at radius 3 is 2.81 bits per heavy atom. The van der Waals surface area contributed by atoms with Crippen LogP contribution >= 0.6 is 27.7 Å². The molecule has 0 bridgehead atoms. The fourth-order valence-electron chi connectivity index (χ4n) is 4.71. The maximum Gasteiger partial charge on any atom is 0.227 e. The van der Waals surface area contributed by atoms with Crippen LogP contribution in [-0.4, -0.2) is 32.9 Å². The topological polar surface area (TPSA) is 78.3 Å². The molecule has 0 saturated heterocycles. The average Bonchev–Trinajstić information content (AvgIpc) is 3.25. The molecule has 1 aliphatic heterocycles. The zero-order valence-corrected chi connectivity index (χ0v) is 23.0. The number of rotatable bonds is 8.